The fourth-order valence-electron chi connectivity index (χ4n) is 2.87. The topological polar surface area (TPSA) is 72.7 Å². The zero-order valence-electron chi connectivity index (χ0n) is 15.0. The molecule has 2 heterocycles. The van der Waals surface area contributed by atoms with Gasteiger partial charge in [-0.2, -0.15) is 5.10 Å². The number of carbonyl (C=O) groups excluding carboxylic acids is 1. The second kappa shape index (κ2) is 7.37. The van der Waals surface area contributed by atoms with Gasteiger partial charge in [-0.05, 0) is 29.7 Å². The van der Waals surface area contributed by atoms with E-state index in [1.54, 1.807) is 16.9 Å². The third-order valence-corrected chi connectivity index (χ3v) is 4.40. The molecular weight excluding hydrogens is 338 g/mol. The van der Waals surface area contributed by atoms with Crippen molar-refractivity contribution >= 4 is 22.8 Å². The van der Waals surface area contributed by atoms with Gasteiger partial charge in [-0.1, -0.05) is 43.3 Å². The molecule has 0 radical (unpaired) electrons. The number of rotatable bonds is 5. The first-order chi connectivity index (χ1) is 13.2. The van der Waals surface area contributed by atoms with Gasteiger partial charge in [-0.15, -0.1) is 0 Å². The summed E-state index contributed by atoms with van der Waals surface area (Å²) >= 11 is 0. The molecule has 0 atom stereocenters. The Morgan fingerprint density at radius 2 is 1.74 bits per heavy atom. The molecule has 0 aliphatic carbocycles. The average molecular weight is 357 g/mol. The van der Waals surface area contributed by atoms with Gasteiger partial charge in [-0.25, -0.2) is 9.67 Å². The van der Waals surface area contributed by atoms with Crippen LogP contribution >= 0.6 is 0 Å². The van der Waals surface area contributed by atoms with Gasteiger partial charge in [0.25, 0.3) is 5.91 Å². The first-order valence-corrected chi connectivity index (χ1v) is 8.85. The summed E-state index contributed by atoms with van der Waals surface area (Å²) in [5, 5.41) is 7.19. The van der Waals surface area contributed by atoms with Crippen molar-refractivity contribution in [2.24, 2.45) is 0 Å². The predicted octanol–water partition coefficient (Wildman–Crippen LogP) is 3.69. The molecule has 0 saturated carbocycles. The van der Waals surface area contributed by atoms with Crippen molar-refractivity contribution in [3.05, 3.63) is 83.8 Å². The highest BCUT2D eigenvalue weighted by Crippen LogP contribution is 2.14. The summed E-state index contributed by atoms with van der Waals surface area (Å²) < 4.78 is 1.76. The van der Waals surface area contributed by atoms with Crippen LogP contribution in [0.25, 0.3) is 11.0 Å². The van der Waals surface area contributed by atoms with Gasteiger partial charge < -0.3 is 5.32 Å². The number of aromatic nitrogens is 4. The molecule has 0 aliphatic rings. The lowest BCUT2D eigenvalue weighted by atomic mass is 10.1. The summed E-state index contributed by atoms with van der Waals surface area (Å²) in [6.45, 7) is 2.71. The maximum Gasteiger partial charge on any atom is 0.277 e. The van der Waals surface area contributed by atoms with Crippen LogP contribution in [-0.4, -0.2) is 25.7 Å². The second-order valence-electron chi connectivity index (χ2n) is 6.24. The third-order valence-electron chi connectivity index (χ3n) is 4.40. The summed E-state index contributed by atoms with van der Waals surface area (Å²) in [6, 6.07) is 17.6. The van der Waals surface area contributed by atoms with Crippen LogP contribution in [0, 0.1) is 0 Å². The lowest BCUT2D eigenvalue weighted by Gasteiger charge is -2.09. The summed E-state index contributed by atoms with van der Waals surface area (Å²) in [5.74, 6) is 0.311. The van der Waals surface area contributed by atoms with Gasteiger partial charge in [0.15, 0.2) is 0 Å². The zero-order chi connectivity index (χ0) is 18.6. The number of para-hydroxylation sites is 2. The van der Waals surface area contributed by atoms with E-state index in [-0.39, 0.29) is 11.6 Å². The molecule has 0 fully saturated rings. The number of hydrogen-bond acceptors (Lipinski definition) is 4. The molecule has 0 unspecified atom stereocenters. The normalized spacial score (nSPS) is 10.9. The summed E-state index contributed by atoms with van der Waals surface area (Å²) in [7, 11) is 0. The van der Waals surface area contributed by atoms with Crippen LogP contribution in [0.2, 0.25) is 0 Å². The fourth-order valence-corrected chi connectivity index (χ4v) is 2.87. The van der Waals surface area contributed by atoms with Crippen molar-refractivity contribution in [1.29, 1.82) is 0 Å². The summed E-state index contributed by atoms with van der Waals surface area (Å²) in [4.78, 5) is 21.3. The number of hydrogen-bond donors (Lipinski definition) is 1. The first-order valence-electron chi connectivity index (χ1n) is 8.85. The van der Waals surface area contributed by atoms with Gasteiger partial charge >= 0.3 is 0 Å². The Hall–Kier alpha value is -3.54. The highest BCUT2D eigenvalue weighted by molar-refractivity contribution is 6.03. The molecule has 2 aromatic heterocycles. The maximum atomic E-state index is 12.6. The van der Waals surface area contributed by atoms with Crippen LogP contribution in [0.15, 0.2) is 67.0 Å². The molecule has 2 aromatic carbocycles. The van der Waals surface area contributed by atoms with Crippen LogP contribution in [0.1, 0.15) is 28.5 Å². The minimum atomic E-state index is -0.309. The van der Waals surface area contributed by atoms with Gasteiger partial charge in [-0.3, -0.25) is 9.78 Å². The number of carbonyl (C=O) groups is 1. The van der Waals surface area contributed by atoms with Crippen molar-refractivity contribution in [3.63, 3.8) is 0 Å². The molecule has 1 amide bonds. The number of nitrogens with one attached hydrogen (secondary N) is 1. The smallest absolute Gasteiger partial charge is 0.277 e. The number of fused-ring (bicyclic) bond motifs is 1. The number of aryl methyl sites for hydroxylation is 1. The van der Waals surface area contributed by atoms with E-state index < -0.39 is 0 Å². The molecule has 0 aliphatic heterocycles. The molecule has 134 valence electrons. The lowest BCUT2D eigenvalue weighted by molar-refractivity contribution is 0.102. The van der Waals surface area contributed by atoms with E-state index in [9.17, 15) is 4.79 Å². The van der Waals surface area contributed by atoms with Crippen molar-refractivity contribution in [2.45, 2.75) is 19.9 Å². The number of anilines is 1. The Morgan fingerprint density at radius 3 is 2.52 bits per heavy atom. The molecule has 6 heteroatoms. The van der Waals surface area contributed by atoms with Crippen molar-refractivity contribution in [1.82, 2.24) is 19.7 Å². The van der Waals surface area contributed by atoms with Crippen LogP contribution in [0.5, 0.6) is 0 Å². The molecule has 0 saturated heterocycles. The van der Waals surface area contributed by atoms with Crippen molar-refractivity contribution in [3.8, 4) is 0 Å². The highest BCUT2D eigenvalue weighted by atomic mass is 16.2. The van der Waals surface area contributed by atoms with Gasteiger partial charge in [0, 0.05) is 6.07 Å². The van der Waals surface area contributed by atoms with Crippen LogP contribution in [0.3, 0.4) is 0 Å². The molecule has 27 heavy (non-hydrogen) atoms. The van der Waals surface area contributed by atoms with Gasteiger partial charge in [0.05, 0.1) is 30.0 Å². The fraction of sp³-hybridized carbons (Fsp3) is 0.143. The SMILES string of the molecule is CCc1ccc(Cn2nccc2NC(=O)c2cnc3ccccc3n2)cc1. The molecule has 6 nitrogen and oxygen atoms in total. The molecule has 4 rings (SSSR count). The Morgan fingerprint density at radius 1 is 1.00 bits per heavy atom. The first kappa shape index (κ1) is 16.9. The van der Waals surface area contributed by atoms with Crippen LogP contribution in [0.4, 0.5) is 5.82 Å². The summed E-state index contributed by atoms with van der Waals surface area (Å²) in [5.41, 5.74) is 4.14. The predicted molar refractivity (Wildman–Crippen MR) is 105 cm³/mol. The molecule has 1 N–H and O–H groups in total. The summed E-state index contributed by atoms with van der Waals surface area (Å²) in [6.07, 6.45) is 4.17. The third kappa shape index (κ3) is 3.69. The number of benzene rings is 2. The van der Waals surface area contributed by atoms with Gasteiger partial charge in [0.1, 0.15) is 11.5 Å². The maximum absolute atomic E-state index is 12.6. The van der Waals surface area contributed by atoms with E-state index in [2.05, 4.69) is 51.6 Å². The number of amides is 1. The van der Waals surface area contributed by atoms with E-state index >= 15 is 0 Å². The van der Waals surface area contributed by atoms with E-state index in [4.69, 9.17) is 0 Å². The monoisotopic (exact) mass is 357 g/mol. The Labute approximate surface area is 156 Å². The molecular formula is C21H19N5O. The Balaban J connectivity index is 1.52. The largest absolute Gasteiger partial charge is 0.305 e. The second-order valence-corrected chi connectivity index (χ2v) is 6.24. The Bertz CT molecular complexity index is 1090. The zero-order valence-corrected chi connectivity index (χ0v) is 15.0. The molecule has 0 spiro atoms. The highest BCUT2D eigenvalue weighted by Gasteiger charge is 2.12. The average Bonchev–Trinajstić information content (AvgIpc) is 3.14. The lowest BCUT2D eigenvalue weighted by Crippen LogP contribution is -2.17. The standard InChI is InChI=1S/C21H19N5O/c1-2-15-7-9-16(10-8-15)14-26-20(11-12-23-26)25-21(27)19-13-22-17-5-3-4-6-18(17)24-19/h3-13H,2,14H2,1H3,(H,25,27). The molecule has 4 aromatic rings. The van der Waals surface area contributed by atoms with E-state index in [0.29, 0.717) is 17.9 Å². The molecule has 0 bridgehead atoms. The quantitative estimate of drug-likeness (QED) is 0.591. The Kier molecular flexibility index (Phi) is 4.61. The van der Waals surface area contributed by atoms with Gasteiger partial charge in [0.2, 0.25) is 0 Å². The minimum Gasteiger partial charge on any atom is -0.305 e. The minimum absolute atomic E-state index is 0.272. The van der Waals surface area contributed by atoms with Crippen molar-refractivity contribution in [2.75, 3.05) is 5.32 Å². The van der Waals surface area contributed by atoms with E-state index in [1.165, 1.54) is 11.8 Å². The number of nitrogens with zero attached hydrogens (tertiary/aromatic N) is 4. The van der Waals surface area contributed by atoms with Crippen LogP contribution < -0.4 is 5.32 Å². The van der Waals surface area contributed by atoms with E-state index in [1.807, 2.05) is 24.3 Å². The van der Waals surface area contributed by atoms with Crippen LogP contribution in [-0.2, 0) is 13.0 Å². The van der Waals surface area contributed by atoms with E-state index in [0.717, 1.165) is 17.5 Å². The van der Waals surface area contributed by atoms with Crippen molar-refractivity contribution < 1.29 is 4.79 Å².